The second-order valence-electron chi connectivity index (χ2n) is 5.02. The molecule has 0 saturated carbocycles. The molecule has 19 heavy (non-hydrogen) atoms. The molecule has 0 aliphatic carbocycles. The number of likely N-dealkylation sites (tertiary alicyclic amines) is 1. The molecule has 0 spiro atoms. The number of carbonyl (C=O) groups excluding carboxylic acids is 1. The first-order valence-electron chi connectivity index (χ1n) is 6.22. The van der Waals surface area contributed by atoms with Gasteiger partial charge < -0.3 is 10.0 Å². The lowest BCUT2D eigenvalue weighted by Gasteiger charge is -2.33. The summed E-state index contributed by atoms with van der Waals surface area (Å²) in [6.07, 6.45) is 1.02. The molecule has 1 rings (SSSR count). The van der Waals surface area contributed by atoms with E-state index in [0.717, 1.165) is 0 Å². The molecule has 7 nitrogen and oxygen atoms in total. The zero-order valence-corrected chi connectivity index (χ0v) is 11.9. The number of hydrogen-bond acceptors (Lipinski definition) is 4. The van der Waals surface area contributed by atoms with Gasteiger partial charge in [0.1, 0.15) is 0 Å². The van der Waals surface area contributed by atoms with Crippen LogP contribution < -0.4 is 4.72 Å². The molecule has 1 aliphatic heterocycles. The summed E-state index contributed by atoms with van der Waals surface area (Å²) in [5, 5.41) is 8.48. The number of carbonyl (C=O) groups is 2. The van der Waals surface area contributed by atoms with Gasteiger partial charge in [-0.3, -0.25) is 9.59 Å². The van der Waals surface area contributed by atoms with Crippen LogP contribution in [0.2, 0.25) is 0 Å². The van der Waals surface area contributed by atoms with Crippen LogP contribution >= 0.6 is 0 Å². The van der Waals surface area contributed by atoms with Crippen molar-refractivity contribution in [2.45, 2.75) is 32.7 Å². The predicted octanol–water partition coefficient (Wildman–Crippen LogP) is -0.363. The van der Waals surface area contributed by atoms with Crippen molar-refractivity contribution in [3.63, 3.8) is 0 Å². The number of carboxylic acids is 1. The quantitative estimate of drug-likeness (QED) is 0.720. The Kier molecular flexibility index (Phi) is 5.30. The Morgan fingerprint density at radius 1 is 1.32 bits per heavy atom. The first-order chi connectivity index (χ1) is 8.71. The molecule has 0 aromatic carbocycles. The zero-order valence-electron chi connectivity index (χ0n) is 11.1. The van der Waals surface area contributed by atoms with Gasteiger partial charge in [-0.15, -0.1) is 0 Å². The van der Waals surface area contributed by atoms with Crippen LogP contribution in [0.3, 0.4) is 0 Å². The Labute approximate surface area is 113 Å². The summed E-state index contributed by atoms with van der Waals surface area (Å²) in [5.41, 5.74) is 0. The van der Waals surface area contributed by atoms with Gasteiger partial charge in [0.05, 0.1) is 0 Å². The minimum atomic E-state index is -3.79. The van der Waals surface area contributed by atoms with Crippen molar-refractivity contribution in [1.29, 1.82) is 0 Å². The number of sulfonamides is 1. The van der Waals surface area contributed by atoms with Crippen molar-refractivity contribution in [2.24, 2.45) is 5.92 Å². The molecule has 1 fully saturated rings. The number of nitrogens with zero attached hydrogens (tertiary/aromatic N) is 1. The van der Waals surface area contributed by atoms with Crippen LogP contribution in [0, 0.1) is 5.92 Å². The minimum absolute atomic E-state index is 0.0619. The smallest absolute Gasteiger partial charge is 0.320 e. The summed E-state index contributed by atoms with van der Waals surface area (Å²) in [7, 11) is -3.79. The Morgan fingerprint density at radius 2 is 1.84 bits per heavy atom. The maximum Gasteiger partial charge on any atom is 0.320 e. The fraction of sp³-hybridized carbons (Fsp3) is 0.818. The Morgan fingerprint density at radius 3 is 2.26 bits per heavy atom. The Hall–Kier alpha value is -1.15. The highest BCUT2D eigenvalue weighted by Gasteiger charge is 2.27. The van der Waals surface area contributed by atoms with E-state index in [0.29, 0.717) is 25.9 Å². The van der Waals surface area contributed by atoms with Gasteiger partial charge in [0, 0.05) is 25.0 Å². The van der Waals surface area contributed by atoms with Gasteiger partial charge in [-0.05, 0) is 12.8 Å². The highest BCUT2D eigenvalue weighted by Crippen LogP contribution is 2.14. The normalized spacial score (nSPS) is 17.7. The van der Waals surface area contributed by atoms with Crippen LogP contribution in [0.1, 0.15) is 26.7 Å². The van der Waals surface area contributed by atoms with Crippen molar-refractivity contribution in [2.75, 3.05) is 18.8 Å². The maximum absolute atomic E-state index is 11.7. The van der Waals surface area contributed by atoms with E-state index >= 15 is 0 Å². The fourth-order valence-electron chi connectivity index (χ4n) is 2.04. The minimum Gasteiger partial charge on any atom is -0.480 e. The van der Waals surface area contributed by atoms with Gasteiger partial charge in [-0.2, -0.15) is 0 Å². The summed E-state index contributed by atoms with van der Waals surface area (Å²) in [6.45, 7) is 4.64. The van der Waals surface area contributed by atoms with E-state index in [4.69, 9.17) is 5.11 Å². The first-order valence-corrected chi connectivity index (χ1v) is 7.87. The molecule has 1 amide bonds. The van der Waals surface area contributed by atoms with E-state index in [9.17, 15) is 18.0 Å². The number of aliphatic carboxylic acids is 1. The zero-order chi connectivity index (χ0) is 14.6. The molecular weight excluding hydrogens is 272 g/mol. The van der Waals surface area contributed by atoms with Gasteiger partial charge in [0.2, 0.25) is 15.9 Å². The standard InChI is InChI=1S/C11H20N2O5S/c1-8(2)11(16)13-5-3-9(4-6-13)12-19(17,18)7-10(14)15/h8-9,12H,3-7H2,1-2H3,(H,14,15). The van der Waals surface area contributed by atoms with E-state index in [1.165, 1.54) is 0 Å². The van der Waals surface area contributed by atoms with Crippen LogP contribution in [0.5, 0.6) is 0 Å². The lowest BCUT2D eigenvalue weighted by molar-refractivity contribution is -0.135. The number of nitrogens with one attached hydrogen (secondary N) is 1. The average molecular weight is 292 g/mol. The third-order valence-corrected chi connectivity index (χ3v) is 4.28. The Bertz CT molecular complexity index is 438. The van der Waals surface area contributed by atoms with E-state index in [1.807, 2.05) is 13.8 Å². The molecule has 0 aromatic rings. The van der Waals surface area contributed by atoms with Crippen molar-refractivity contribution in [3.05, 3.63) is 0 Å². The van der Waals surface area contributed by atoms with Gasteiger partial charge in [0.25, 0.3) is 0 Å². The molecular formula is C11H20N2O5S. The van der Waals surface area contributed by atoms with E-state index in [-0.39, 0.29) is 17.9 Å². The third-order valence-electron chi connectivity index (χ3n) is 2.96. The highest BCUT2D eigenvalue weighted by atomic mass is 32.2. The second kappa shape index (κ2) is 6.33. The maximum atomic E-state index is 11.7. The summed E-state index contributed by atoms with van der Waals surface area (Å²) in [5.74, 6) is -2.30. The lowest BCUT2D eigenvalue weighted by atomic mass is 10.0. The number of rotatable bonds is 5. The van der Waals surface area contributed by atoms with Crippen molar-refractivity contribution >= 4 is 21.9 Å². The van der Waals surface area contributed by atoms with Crippen LogP contribution in [0.15, 0.2) is 0 Å². The van der Waals surface area contributed by atoms with Crippen LogP contribution in [0.4, 0.5) is 0 Å². The lowest BCUT2D eigenvalue weighted by Crippen LogP contribution is -2.48. The predicted molar refractivity (Wildman–Crippen MR) is 69.0 cm³/mol. The fourth-order valence-corrected chi connectivity index (χ4v) is 3.19. The van der Waals surface area contributed by atoms with Crippen molar-refractivity contribution in [3.8, 4) is 0 Å². The third kappa shape index (κ3) is 5.15. The van der Waals surface area contributed by atoms with Gasteiger partial charge in [-0.25, -0.2) is 13.1 Å². The molecule has 1 saturated heterocycles. The van der Waals surface area contributed by atoms with E-state index < -0.39 is 21.7 Å². The molecule has 2 N–H and O–H groups in total. The van der Waals surface area contributed by atoms with Gasteiger partial charge in [-0.1, -0.05) is 13.8 Å². The van der Waals surface area contributed by atoms with Crippen molar-refractivity contribution < 1.29 is 23.1 Å². The second-order valence-corrected chi connectivity index (χ2v) is 6.78. The molecule has 8 heteroatoms. The summed E-state index contributed by atoms with van der Waals surface area (Å²) >= 11 is 0. The number of carboxylic acid groups (broad SMARTS) is 1. The first kappa shape index (κ1) is 15.9. The molecule has 0 radical (unpaired) electrons. The molecule has 0 aromatic heterocycles. The molecule has 110 valence electrons. The van der Waals surface area contributed by atoms with E-state index in [2.05, 4.69) is 4.72 Å². The molecule has 1 heterocycles. The molecule has 0 bridgehead atoms. The highest BCUT2D eigenvalue weighted by molar-refractivity contribution is 7.90. The number of hydrogen-bond donors (Lipinski definition) is 2. The molecule has 0 unspecified atom stereocenters. The monoisotopic (exact) mass is 292 g/mol. The summed E-state index contributed by atoms with van der Waals surface area (Å²) in [4.78, 5) is 23.9. The largest absolute Gasteiger partial charge is 0.480 e. The summed E-state index contributed by atoms with van der Waals surface area (Å²) in [6, 6.07) is -0.291. The SMILES string of the molecule is CC(C)C(=O)N1CCC(NS(=O)(=O)CC(=O)O)CC1. The molecule has 1 aliphatic rings. The van der Waals surface area contributed by atoms with E-state index in [1.54, 1.807) is 4.90 Å². The average Bonchev–Trinajstić information content (AvgIpc) is 2.26. The van der Waals surface area contributed by atoms with Crippen LogP contribution in [-0.4, -0.2) is 55.2 Å². The van der Waals surface area contributed by atoms with Gasteiger partial charge in [0.15, 0.2) is 5.75 Å². The van der Waals surface area contributed by atoms with Crippen LogP contribution in [0.25, 0.3) is 0 Å². The van der Waals surface area contributed by atoms with Gasteiger partial charge >= 0.3 is 5.97 Å². The van der Waals surface area contributed by atoms with Crippen LogP contribution in [-0.2, 0) is 19.6 Å². The number of amides is 1. The topological polar surface area (TPSA) is 104 Å². The molecule has 0 atom stereocenters. The Balaban J connectivity index is 2.47. The summed E-state index contributed by atoms with van der Waals surface area (Å²) < 4.78 is 25.3. The van der Waals surface area contributed by atoms with Crippen molar-refractivity contribution in [1.82, 2.24) is 9.62 Å². The number of piperidine rings is 1.